The Bertz CT molecular complexity index is 882. The quantitative estimate of drug-likeness (QED) is 0.854. The number of hydrazine groups is 1. The van der Waals surface area contributed by atoms with Gasteiger partial charge in [-0.05, 0) is 37.0 Å². The molecule has 6 heteroatoms. The SMILES string of the molecule is N#Cc1ccc(C(=O)N2CCCN2C(=O)C2(c3ccccc3)CC2)cn1. The zero-order valence-corrected chi connectivity index (χ0v) is 14.3. The van der Waals surface area contributed by atoms with Crippen LogP contribution in [0.5, 0.6) is 0 Å². The molecule has 2 aromatic rings. The molecule has 0 radical (unpaired) electrons. The number of hydrogen-bond donors (Lipinski definition) is 0. The molecule has 1 saturated heterocycles. The Morgan fingerprint density at radius 2 is 1.77 bits per heavy atom. The molecular weight excluding hydrogens is 328 g/mol. The van der Waals surface area contributed by atoms with Gasteiger partial charge < -0.3 is 0 Å². The number of amides is 2. The third-order valence-corrected chi connectivity index (χ3v) is 5.11. The Labute approximate surface area is 151 Å². The number of carbonyl (C=O) groups is 2. The van der Waals surface area contributed by atoms with Gasteiger partial charge in [0, 0.05) is 19.3 Å². The van der Waals surface area contributed by atoms with Crippen LogP contribution in [0, 0.1) is 11.3 Å². The molecule has 130 valence electrons. The highest BCUT2D eigenvalue weighted by Crippen LogP contribution is 2.50. The maximum atomic E-state index is 13.2. The lowest BCUT2D eigenvalue weighted by Crippen LogP contribution is -2.49. The van der Waals surface area contributed by atoms with Gasteiger partial charge in [-0.2, -0.15) is 5.26 Å². The molecule has 1 aliphatic heterocycles. The highest BCUT2D eigenvalue weighted by molar-refractivity contribution is 5.98. The maximum Gasteiger partial charge on any atom is 0.274 e. The first-order valence-electron chi connectivity index (χ1n) is 8.71. The molecule has 2 aliphatic rings. The lowest BCUT2D eigenvalue weighted by Gasteiger charge is -2.31. The van der Waals surface area contributed by atoms with E-state index in [2.05, 4.69) is 4.98 Å². The summed E-state index contributed by atoms with van der Waals surface area (Å²) in [5.74, 6) is -0.257. The van der Waals surface area contributed by atoms with Gasteiger partial charge in [0.2, 0.25) is 0 Å². The number of benzene rings is 1. The van der Waals surface area contributed by atoms with Crippen molar-refractivity contribution in [2.24, 2.45) is 0 Å². The minimum absolute atomic E-state index is 0.00356. The molecule has 2 amide bonds. The van der Waals surface area contributed by atoms with E-state index in [1.807, 2.05) is 36.4 Å². The zero-order chi connectivity index (χ0) is 18.1. The molecule has 6 nitrogen and oxygen atoms in total. The van der Waals surface area contributed by atoms with Crippen LogP contribution in [0.3, 0.4) is 0 Å². The van der Waals surface area contributed by atoms with Crippen LogP contribution in [-0.4, -0.2) is 39.9 Å². The van der Waals surface area contributed by atoms with Gasteiger partial charge in [-0.1, -0.05) is 30.3 Å². The number of aromatic nitrogens is 1. The second-order valence-electron chi connectivity index (χ2n) is 6.70. The monoisotopic (exact) mass is 346 g/mol. The van der Waals surface area contributed by atoms with E-state index in [9.17, 15) is 9.59 Å². The predicted octanol–water partition coefficient (Wildman–Crippen LogP) is 2.27. The van der Waals surface area contributed by atoms with Crippen LogP contribution >= 0.6 is 0 Å². The first-order valence-corrected chi connectivity index (χ1v) is 8.71. The number of hydrogen-bond acceptors (Lipinski definition) is 4. The number of pyridine rings is 1. The standard InChI is InChI=1S/C20H18N4O2/c21-13-17-8-7-15(14-22-17)18(25)23-11-4-12-24(23)19(26)20(9-10-20)16-5-2-1-3-6-16/h1-3,5-8,14H,4,9-12H2. The van der Waals surface area contributed by atoms with E-state index >= 15 is 0 Å². The summed E-state index contributed by atoms with van der Waals surface area (Å²) in [5, 5.41) is 12.0. The minimum atomic E-state index is -0.493. The molecule has 4 rings (SSSR count). The molecule has 0 spiro atoms. The average molecular weight is 346 g/mol. The van der Waals surface area contributed by atoms with E-state index < -0.39 is 5.41 Å². The van der Waals surface area contributed by atoms with Gasteiger partial charge in [0.25, 0.3) is 11.8 Å². The third kappa shape index (κ3) is 2.62. The van der Waals surface area contributed by atoms with Crippen molar-refractivity contribution in [3.05, 3.63) is 65.5 Å². The summed E-state index contributed by atoms with van der Waals surface area (Å²) in [6.45, 7) is 1.05. The van der Waals surface area contributed by atoms with Crippen molar-refractivity contribution in [3.8, 4) is 6.07 Å². The van der Waals surface area contributed by atoms with Gasteiger partial charge in [0.15, 0.2) is 0 Å². The molecule has 0 atom stereocenters. The lowest BCUT2D eigenvalue weighted by molar-refractivity contribution is -0.143. The Hall–Kier alpha value is -3.20. The topological polar surface area (TPSA) is 77.3 Å². The number of rotatable bonds is 3. The van der Waals surface area contributed by atoms with Crippen LogP contribution in [-0.2, 0) is 10.2 Å². The molecule has 1 saturated carbocycles. The van der Waals surface area contributed by atoms with Gasteiger partial charge in [-0.25, -0.2) is 9.99 Å². The average Bonchev–Trinajstić information content (AvgIpc) is 3.37. The van der Waals surface area contributed by atoms with Crippen molar-refractivity contribution >= 4 is 11.8 Å². The van der Waals surface area contributed by atoms with E-state index in [1.165, 1.54) is 17.3 Å². The van der Waals surface area contributed by atoms with Gasteiger partial charge in [0.05, 0.1) is 11.0 Å². The van der Waals surface area contributed by atoms with E-state index in [4.69, 9.17) is 5.26 Å². The number of nitriles is 1. The number of carbonyl (C=O) groups excluding carboxylic acids is 2. The van der Waals surface area contributed by atoms with Crippen molar-refractivity contribution in [1.29, 1.82) is 5.26 Å². The van der Waals surface area contributed by atoms with Crippen LogP contribution in [0.4, 0.5) is 0 Å². The number of nitrogens with zero attached hydrogens (tertiary/aromatic N) is 4. The van der Waals surface area contributed by atoms with Crippen molar-refractivity contribution in [1.82, 2.24) is 15.0 Å². The molecule has 0 bridgehead atoms. The normalized spacial score (nSPS) is 17.7. The van der Waals surface area contributed by atoms with E-state index in [0.717, 1.165) is 24.8 Å². The summed E-state index contributed by atoms with van der Waals surface area (Å²) in [4.78, 5) is 30.1. The molecular formula is C20H18N4O2. The fraction of sp³-hybridized carbons (Fsp3) is 0.300. The Morgan fingerprint density at radius 1 is 1.04 bits per heavy atom. The summed E-state index contributed by atoms with van der Waals surface area (Å²) in [6.07, 6.45) is 3.78. The summed E-state index contributed by atoms with van der Waals surface area (Å²) < 4.78 is 0. The predicted molar refractivity (Wildman–Crippen MR) is 93.7 cm³/mol. The van der Waals surface area contributed by atoms with E-state index in [1.54, 1.807) is 11.1 Å². The van der Waals surface area contributed by atoms with Crippen LogP contribution in [0.25, 0.3) is 0 Å². The smallest absolute Gasteiger partial charge is 0.272 e. The Balaban J connectivity index is 1.57. The van der Waals surface area contributed by atoms with E-state index in [0.29, 0.717) is 18.7 Å². The van der Waals surface area contributed by atoms with Gasteiger partial charge in [-0.3, -0.25) is 14.6 Å². The van der Waals surface area contributed by atoms with Crippen molar-refractivity contribution in [2.45, 2.75) is 24.7 Å². The second-order valence-corrected chi connectivity index (χ2v) is 6.70. The maximum absolute atomic E-state index is 13.2. The van der Waals surface area contributed by atoms with E-state index in [-0.39, 0.29) is 17.5 Å². The first-order chi connectivity index (χ1) is 12.7. The molecule has 2 heterocycles. The minimum Gasteiger partial charge on any atom is -0.272 e. The molecule has 1 aliphatic carbocycles. The van der Waals surface area contributed by atoms with Crippen molar-refractivity contribution < 1.29 is 9.59 Å². The largest absolute Gasteiger partial charge is 0.274 e. The Morgan fingerprint density at radius 3 is 2.38 bits per heavy atom. The van der Waals surface area contributed by atoms with Gasteiger partial charge in [0.1, 0.15) is 11.8 Å². The summed E-state index contributed by atoms with van der Waals surface area (Å²) in [6, 6.07) is 14.8. The van der Waals surface area contributed by atoms with Crippen LogP contribution < -0.4 is 0 Å². The molecule has 1 aromatic carbocycles. The Kier molecular flexibility index (Phi) is 3.92. The fourth-order valence-electron chi connectivity index (χ4n) is 3.52. The third-order valence-electron chi connectivity index (χ3n) is 5.11. The summed E-state index contributed by atoms with van der Waals surface area (Å²) >= 11 is 0. The van der Waals surface area contributed by atoms with Crippen molar-refractivity contribution in [3.63, 3.8) is 0 Å². The van der Waals surface area contributed by atoms with Crippen LogP contribution in [0.2, 0.25) is 0 Å². The van der Waals surface area contributed by atoms with Gasteiger partial charge >= 0.3 is 0 Å². The highest BCUT2D eigenvalue weighted by atomic mass is 16.2. The summed E-state index contributed by atoms with van der Waals surface area (Å²) in [7, 11) is 0. The zero-order valence-electron chi connectivity index (χ0n) is 14.3. The second kappa shape index (κ2) is 6.26. The van der Waals surface area contributed by atoms with Crippen LogP contribution in [0.15, 0.2) is 48.7 Å². The molecule has 2 fully saturated rings. The molecule has 0 unspecified atom stereocenters. The van der Waals surface area contributed by atoms with Crippen molar-refractivity contribution in [2.75, 3.05) is 13.1 Å². The molecule has 0 N–H and O–H groups in total. The first kappa shape index (κ1) is 16.3. The lowest BCUT2D eigenvalue weighted by atomic mass is 9.95. The van der Waals surface area contributed by atoms with Gasteiger partial charge in [-0.15, -0.1) is 0 Å². The molecule has 1 aromatic heterocycles. The summed E-state index contributed by atoms with van der Waals surface area (Å²) in [5.41, 5.74) is 1.17. The van der Waals surface area contributed by atoms with Crippen LogP contribution in [0.1, 0.15) is 40.9 Å². The molecule has 26 heavy (non-hydrogen) atoms. The highest BCUT2D eigenvalue weighted by Gasteiger charge is 2.54. The fourth-order valence-corrected chi connectivity index (χ4v) is 3.52.